The number of carbonyl (C=O) groups is 1. The highest BCUT2D eigenvalue weighted by Crippen LogP contribution is 2.11. The first kappa shape index (κ1) is 17.1. The van der Waals surface area contributed by atoms with E-state index in [1.54, 1.807) is 13.8 Å². The van der Waals surface area contributed by atoms with Crippen LogP contribution in [0.4, 0.5) is 0 Å². The number of esters is 1. The Kier molecular flexibility index (Phi) is 6.34. The minimum absolute atomic E-state index is 0.136. The molecule has 0 aliphatic rings. The van der Waals surface area contributed by atoms with E-state index in [0.29, 0.717) is 5.56 Å². The molecule has 0 spiro atoms. The zero-order chi connectivity index (χ0) is 15.9. The zero-order valence-electron chi connectivity index (χ0n) is 12.0. The summed E-state index contributed by atoms with van der Waals surface area (Å²) in [6.45, 7) is 3.75. The Morgan fingerprint density at radius 3 is 2.52 bits per heavy atom. The van der Waals surface area contributed by atoms with Crippen molar-refractivity contribution in [2.45, 2.75) is 24.8 Å². The van der Waals surface area contributed by atoms with Crippen molar-refractivity contribution < 1.29 is 17.9 Å². The number of ether oxygens (including phenoxy) is 1. The normalized spacial score (nSPS) is 12.4. The number of nitrogens with zero attached hydrogens (tertiary/aromatic N) is 1. The molecule has 6 nitrogen and oxygen atoms in total. The van der Waals surface area contributed by atoms with Gasteiger partial charge in [-0.2, -0.15) is 5.26 Å². The molecule has 0 aliphatic carbocycles. The van der Waals surface area contributed by atoms with Crippen LogP contribution in [-0.2, 0) is 19.4 Å². The van der Waals surface area contributed by atoms with Gasteiger partial charge in [-0.15, -0.1) is 0 Å². The second-order valence-electron chi connectivity index (χ2n) is 4.38. The molecule has 0 amide bonds. The number of nitrogens with one attached hydrogen (secondary N) is 1. The number of nitriles is 1. The van der Waals surface area contributed by atoms with Crippen molar-refractivity contribution in [3.8, 4) is 6.07 Å². The first-order valence-electron chi connectivity index (χ1n) is 6.53. The molecule has 1 unspecified atom stereocenters. The highest BCUT2D eigenvalue weighted by atomic mass is 32.2. The molecule has 1 aromatic carbocycles. The van der Waals surface area contributed by atoms with E-state index in [1.165, 1.54) is 24.3 Å². The Morgan fingerprint density at radius 1 is 1.38 bits per heavy atom. The van der Waals surface area contributed by atoms with Gasteiger partial charge in [0, 0.05) is 6.54 Å². The third-order valence-corrected chi connectivity index (χ3v) is 4.54. The molecule has 0 saturated carbocycles. The molecule has 0 aromatic heterocycles. The van der Waals surface area contributed by atoms with E-state index < -0.39 is 21.8 Å². The average molecular weight is 310 g/mol. The van der Waals surface area contributed by atoms with Crippen molar-refractivity contribution in [1.82, 2.24) is 5.32 Å². The van der Waals surface area contributed by atoms with E-state index in [-0.39, 0.29) is 23.8 Å². The van der Waals surface area contributed by atoms with E-state index in [1.807, 2.05) is 6.07 Å². The van der Waals surface area contributed by atoms with Gasteiger partial charge in [-0.05, 0) is 38.1 Å². The monoisotopic (exact) mass is 310 g/mol. The maximum atomic E-state index is 12.1. The van der Waals surface area contributed by atoms with Crippen molar-refractivity contribution in [2.24, 2.45) is 0 Å². The Bertz CT molecular complexity index is 617. The largest absolute Gasteiger partial charge is 0.465 e. The van der Waals surface area contributed by atoms with Gasteiger partial charge in [-0.25, -0.2) is 8.42 Å². The first-order valence-corrected chi connectivity index (χ1v) is 8.19. The summed E-state index contributed by atoms with van der Waals surface area (Å²) in [6.07, 6.45) is 0. The van der Waals surface area contributed by atoms with Crippen LogP contribution in [0.15, 0.2) is 29.2 Å². The van der Waals surface area contributed by atoms with E-state index in [9.17, 15) is 13.2 Å². The second kappa shape index (κ2) is 7.76. The van der Waals surface area contributed by atoms with Crippen LogP contribution in [-0.4, -0.2) is 39.3 Å². The van der Waals surface area contributed by atoms with E-state index in [4.69, 9.17) is 10.00 Å². The molecule has 1 atom stereocenters. The maximum absolute atomic E-state index is 12.1. The third-order valence-electron chi connectivity index (χ3n) is 2.80. The van der Waals surface area contributed by atoms with Gasteiger partial charge in [-0.3, -0.25) is 4.79 Å². The lowest BCUT2D eigenvalue weighted by molar-refractivity contribution is -0.145. The number of hydrogen-bond acceptors (Lipinski definition) is 6. The quantitative estimate of drug-likeness (QED) is 0.751. The minimum Gasteiger partial charge on any atom is -0.465 e. The van der Waals surface area contributed by atoms with Crippen molar-refractivity contribution in [3.63, 3.8) is 0 Å². The molecule has 0 bridgehead atoms. The molecule has 1 aromatic rings. The fourth-order valence-corrected chi connectivity index (χ4v) is 2.79. The average Bonchev–Trinajstić information content (AvgIpc) is 2.47. The van der Waals surface area contributed by atoms with E-state index >= 15 is 0 Å². The molecule has 21 heavy (non-hydrogen) atoms. The van der Waals surface area contributed by atoms with Gasteiger partial charge in [0.2, 0.25) is 0 Å². The number of sulfone groups is 1. The van der Waals surface area contributed by atoms with Crippen molar-refractivity contribution in [1.29, 1.82) is 5.26 Å². The summed E-state index contributed by atoms with van der Waals surface area (Å²) >= 11 is 0. The Balaban J connectivity index is 2.57. The molecular formula is C14H18N2O4S. The lowest BCUT2D eigenvalue weighted by atomic mass is 10.2. The van der Waals surface area contributed by atoms with E-state index in [0.717, 1.165) is 0 Å². The predicted molar refractivity (Wildman–Crippen MR) is 77.3 cm³/mol. The Hall–Kier alpha value is -1.91. The highest BCUT2D eigenvalue weighted by Gasteiger charge is 2.17. The molecule has 1 N–H and O–H groups in total. The fourth-order valence-electron chi connectivity index (χ4n) is 1.62. The van der Waals surface area contributed by atoms with Gasteiger partial charge in [0.15, 0.2) is 9.84 Å². The number of carbonyl (C=O) groups excluding carboxylic acids is 1. The SMILES string of the molecule is CCOC(=O)C(C)NCCS(=O)(=O)c1ccc(C#N)cc1. The standard InChI is InChI=1S/C14H18N2O4S/c1-3-20-14(17)11(2)16-8-9-21(18,19)13-6-4-12(10-15)5-7-13/h4-7,11,16H,3,8-9H2,1-2H3. The summed E-state index contributed by atoms with van der Waals surface area (Å²) in [4.78, 5) is 11.5. The van der Waals surface area contributed by atoms with Crippen LogP contribution in [0.5, 0.6) is 0 Å². The number of rotatable bonds is 7. The van der Waals surface area contributed by atoms with Gasteiger partial charge < -0.3 is 10.1 Å². The fraction of sp³-hybridized carbons (Fsp3) is 0.429. The minimum atomic E-state index is -3.44. The van der Waals surface area contributed by atoms with Crippen molar-refractivity contribution >= 4 is 15.8 Å². The van der Waals surface area contributed by atoms with Gasteiger partial charge in [-0.1, -0.05) is 0 Å². The summed E-state index contributed by atoms with van der Waals surface area (Å²) in [7, 11) is -3.44. The smallest absolute Gasteiger partial charge is 0.322 e. The second-order valence-corrected chi connectivity index (χ2v) is 6.49. The molecular weight excluding hydrogens is 292 g/mol. The van der Waals surface area contributed by atoms with Crippen LogP contribution in [0.25, 0.3) is 0 Å². The van der Waals surface area contributed by atoms with Crippen molar-refractivity contribution in [2.75, 3.05) is 18.9 Å². The number of hydrogen-bond donors (Lipinski definition) is 1. The predicted octanol–water partition coefficient (Wildman–Crippen LogP) is 0.873. The lowest BCUT2D eigenvalue weighted by Crippen LogP contribution is -2.38. The van der Waals surface area contributed by atoms with Crippen LogP contribution >= 0.6 is 0 Å². The zero-order valence-corrected chi connectivity index (χ0v) is 12.8. The summed E-state index contributed by atoms with van der Waals surface area (Å²) in [5, 5.41) is 11.5. The Morgan fingerprint density at radius 2 is 2.00 bits per heavy atom. The van der Waals surface area contributed by atoms with Gasteiger partial charge in [0.25, 0.3) is 0 Å². The molecule has 1 rings (SSSR count). The molecule has 0 radical (unpaired) electrons. The first-order chi connectivity index (χ1) is 9.90. The molecule has 0 fully saturated rings. The van der Waals surface area contributed by atoms with Crippen LogP contribution in [0.3, 0.4) is 0 Å². The van der Waals surface area contributed by atoms with Crippen LogP contribution in [0.2, 0.25) is 0 Å². The van der Waals surface area contributed by atoms with Gasteiger partial charge in [0.1, 0.15) is 6.04 Å². The summed E-state index contributed by atoms with van der Waals surface area (Å²) in [6, 6.07) is 7.11. The van der Waals surface area contributed by atoms with Gasteiger partial charge >= 0.3 is 5.97 Å². The molecule has 114 valence electrons. The highest BCUT2D eigenvalue weighted by molar-refractivity contribution is 7.91. The summed E-state index contributed by atoms with van der Waals surface area (Å²) < 4.78 is 29.0. The Labute approximate surface area is 124 Å². The van der Waals surface area contributed by atoms with E-state index in [2.05, 4.69) is 5.32 Å². The van der Waals surface area contributed by atoms with Crippen LogP contribution < -0.4 is 5.32 Å². The third kappa shape index (κ3) is 5.17. The van der Waals surface area contributed by atoms with Crippen LogP contribution in [0, 0.1) is 11.3 Å². The maximum Gasteiger partial charge on any atom is 0.322 e. The van der Waals surface area contributed by atoms with Gasteiger partial charge in [0.05, 0.1) is 28.9 Å². The summed E-state index contributed by atoms with van der Waals surface area (Å²) in [5.74, 6) is -0.545. The topological polar surface area (TPSA) is 96.3 Å². The van der Waals surface area contributed by atoms with Crippen LogP contribution in [0.1, 0.15) is 19.4 Å². The van der Waals surface area contributed by atoms with Crippen molar-refractivity contribution in [3.05, 3.63) is 29.8 Å². The molecule has 7 heteroatoms. The molecule has 0 aliphatic heterocycles. The lowest BCUT2D eigenvalue weighted by Gasteiger charge is -2.12. The summed E-state index contributed by atoms with van der Waals surface area (Å²) in [5.41, 5.74) is 0.406. The molecule has 0 heterocycles. The number of benzene rings is 1. The molecule has 0 saturated heterocycles.